The fraction of sp³-hybridized carbons (Fsp3) is 0.364. The van der Waals surface area contributed by atoms with Gasteiger partial charge < -0.3 is 15.3 Å². The number of carbonyl (C=O) groups excluding carboxylic acids is 1. The standard InChI is InChI=1S/C11H15NO2/c1-3-14-9-4-5-10(8(2)7-13)11(12)6-9/h4-8H,3,12H2,1-2H3. The van der Waals surface area contributed by atoms with Gasteiger partial charge in [0.1, 0.15) is 12.0 Å². The lowest BCUT2D eigenvalue weighted by molar-refractivity contribution is -0.108. The minimum Gasteiger partial charge on any atom is -0.494 e. The SMILES string of the molecule is CCOc1ccc(C(C)C=O)c(N)c1. The average Bonchev–Trinajstić information content (AvgIpc) is 2.17. The number of nitrogen functional groups attached to an aromatic ring is 1. The molecule has 3 heteroatoms. The highest BCUT2D eigenvalue weighted by molar-refractivity contribution is 5.67. The lowest BCUT2D eigenvalue weighted by Crippen LogP contribution is -2.01. The molecule has 0 saturated carbocycles. The molecule has 0 heterocycles. The summed E-state index contributed by atoms with van der Waals surface area (Å²) in [4.78, 5) is 10.6. The Morgan fingerprint density at radius 1 is 1.57 bits per heavy atom. The largest absolute Gasteiger partial charge is 0.494 e. The Balaban J connectivity index is 2.94. The first-order valence-electron chi connectivity index (χ1n) is 4.66. The van der Waals surface area contributed by atoms with E-state index in [0.29, 0.717) is 12.3 Å². The third-order valence-corrected chi connectivity index (χ3v) is 2.06. The summed E-state index contributed by atoms with van der Waals surface area (Å²) in [6.45, 7) is 4.35. The monoisotopic (exact) mass is 193 g/mol. The van der Waals surface area contributed by atoms with Crippen molar-refractivity contribution >= 4 is 12.0 Å². The molecule has 1 unspecified atom stereocenters. The molecule has 76 valence electrons. The van der Waals surface area contributed by atoms with Crippen LogP contribution in [-0.2, 0) is 4.79 Å². The van der Waals surface area contributed by atoms with Crippen LogP contribution in [0.2, 0.25) is 0 Å². The van der Waals surface area contributed by atoms with Crippen molar-refractivity contribution in [2.45, 2.75) is 19.8 Å². The van der Waals surface area contributed by atoms with Crippen LogP contribution in [0.15, 0.2) is 18.2 Å². The van der Waals surface area contributed by atoms with Gasteiger partial charge in [-0.2, -0.15) is 0 Å². The van der Waals surface area contributed by atoms with E-state index in [2.05, 4.69) is 0 Å². The quantitative estimate of drug-likeness (QED) is 0.587. The molecule has 0 aliphatic rings. The van der Waals surface area contributed by atoms with Crippen molar-refractivity contribution in [1.29, 1.82) is 0 Å². The molecular formula is C11H15NO2. The lowest BCUT2D eigenvalue weighted by Gasteiger charge is -2.10. The van der Waals surface area contributed by atoms with Gasteiger partial charge >= 0.3 is 0 Å². The van der Waals surface area contributed by atoms with Gasteiger partial charge in [0.05, 0.1) is 6.61 Å². The maximum atomic E-state index is 10.6. The Hall–Kier alpha value is -1.51. The van der Waals surface area contributed by atoms with Crippen molar-refractivity contribution in [2.75, 3.05) is 12.3 Å². The fourth-order valence-corrected chi connectivity index (χ4v) is 1.30. The highest BCUT2D eigenvalue weighted by Gasteiger charge is 2.08. The highest BCUT2D eigenvalue weighted by atomic mass is 16.5. The highest BCUT2D eigenvalue weighted by Crippen LogP contribution is 2.25. The Kier molecular flexibility index (Phi) is 3.51. The molecule has 0 fully saturated rings. The molecule has 0 bridgehead atoms. The minimum atomic E-state index is -0.161. The van der Waals surface area contributed by atoms with E-state index in [-0.39, 0.29) is 5.92 Å². The summed E-state index contributed by atoms with van der Waals surface area (Å²) in [5, 5.41) is 0. The second-order valence-corrected chi connectivity index (χ2v) is 3.15. The number of benzene rings is 1. The van der Waals surface area contributed by atoms with Crippen LogP contribution in [0.5, 0.6) is 5.75 Å². The van der Waals surface area contributed by atoms with E-state index < -0.39 is 0 Å². The molecule has 0 radical (unpaired) electrons. The second-order valence-electron chi connectivity index (χ2n) is 3.15. The van der Waals surface area contributed by atoms with Gasteiger partial charge in [0, 0.05) is 17.7 Å². The molecule has 1 atom stereocenters. The van der Waals surface area contributed by atoms with Crippen molar-refractivity contribution in [3.05, 3.63) is 23.8 Å². The second kappa shape index (κ2) is 4.65. The van der Waals surface area contributed by atoms with Crippen LogP contribution in [-0.4, -0.2) is 12.9 Å². The maximum Gasteiger partial charge on any atom is 0.127 e. The molecule has 0 aromatic heterocycles. The maximum absolute atomic E-state index is 10.6. The van der Waals surface area contributed by atoms with Gasteiger partial charge in [-0.05, 0) is 18.6 Å². The number of anilines is 1. The number of aldehydes is 1. The van der Waals surface area contributed by atoms with Crippen molar-refractivity contribution in [3.8, 4) is 5.75 Å². The minimum absolute atomic E-state index is 0.161. The van der Waals surface area contributed by atoms with E-state index in [9.17, 15) is 4.79 Å². The van der Waals surface area contributed by atoms with E-state index in [0.717, 1.165) is 17.6 Å². The van der Waals surface area contributed by atoms with Gasteiger partial charge in [-0.3, -0.25) is 0 Å². The first kappa shape index (κ1) is 10.6. The topological polar surface area (TPSA) is 52.3 Å². The lowest BCUT2D eigenvalue weighted by atomic mass is 10.0. The van der Waals surface area contributed by atoms with Crippen molar-refractivity contribution < 1.29 is 9.53 Å². The molecule has 1 rings (SSSR count). The summed E-state index contributed by atoms with van der Waals surface area (Å²) < 4.78 is 5.29. The molecule has 0 aliphatic carbocycles. The number of nitrogens with two attached hydrogens (primary N) is 1. The van der Waals surface area contributed by atoms with E-state index in [1.165, 1.54) is 0 Å². The zero-order valence-corrected chi connectivity index (χ0v) is 8.49. The van der Waals surface area contributed by atoms with Gasteiger partial charge in [0.2, 0.25) is 0 Å². The molecule has 0 aliphatic heterocycles. The molecule has 3 nitrogen and oxygen atoms in total. The number of hydrogen-bond acceptors (Lipinski definition) is 3. The zero-order valence-electron chi connectivity index (χ0n) is 8.49. The molecule has 14 heavy (non-hydrogen) atoms. The van der Waals surface area contributed by atoms with Crippen LogP contribution in [0.4, 0.5) is 5.69 Å². The Bertz CT molecular complexity index is 323. The number of ether oxygens (including phenoxy) is 1. The summed E-state index contributed by atoms with van der Waals surface area (Å²) >= 11 is 0. The van der Waals surface area contributed by atoms with Crippen molar-refractivity contribution in [3.63, 3.8) is 0 Å². The van der Waals surface area contributed by atoms with E-state index >= 15 is 0 Å². The Morgan fingerprint density at radius 2 is 2.29 bits per heavy atom. The van der Waals surface area contributed by atoms with Gasteiger partial charge in [0.25, 0.3) is 0 Å². The van der Waals surface area contributed by atoms with Crippen molar-refractivity contribution in [2.24, 2.45) is 0 Å². The summed E-state index contributed by atoms with van der Waals surface area (Å²) in [5.41, 5.74) is 7.25. The third-order valence-electron chi connectivity index (χ3n) is 2.06. The molecule has 1 aromatic carbocycles. The predicted molar refractivity (Wildman–Crippen MR) is 56.5 cm³/mol. The van der Waals surface area contributed by atoms with Crippen LogP contribution in [0, 0.1) is 0 Å². The normalized spacial score (nSPS) is 12.1. The summed E-state index contributed by atoms with van der Waals surface area (Å²) in [6.07, 6.45) is 0.881. The van der Waals surface area contributed by atoms with Crippen LogP contribution < -0.4 is 10.5 Å². The van der Waals surface area contributed by atoms with Gasteiger partial charge in [-0.1, -0.05) is 13.0 Å². The molecule has 2 N–H and O–H groups in total. The summed E-state index contributed by atoms with van der Waals surface area (Å²) in [7, 11) is 0. The molecule has 1 aromatic rings. The first-order chi connectivity index (χ1) is 6.69. The third kappa shape index (κ3) is 2.25. The molecule has 0 amide bonds. The van der Waals surface area contributed by atoms with Crippen LogP contribution in [0.1, 0.15) is 25.3 Å². The number of hydrogen-bond donors (Lipinski definition) is 1. The summed E-state index contributed by atoms with van der Waals surface area (Å²) in [5.74, 6) is 0.581. The predicted octanol–water partition coefficient (Wildman–Crippen LogP) is 1.97. The molecule has 0 spiro atoms. The first-order valence-corrected chi connectivity index (χ1v) is 4.66. The Labute approximate surface area is 83.9 Å². The van der Waals surface area contributed by atoms with E-state index in [1.54, 1.807) is 6.07 Å². The number of carbonyl (C=O) groups is 1. The zero-order chi connectivity index (χ0) is 10.6. The average molecular weight is 193 g/mol. The smallest absolute Gasteiger partial charge is 0.127 e. The van der Waals surface area contributed by atoms with Crippen LogP contribution in [0.25, 0.3) is 0 Å². The van der Waals surface area contributed by atoms with E-state index in [1.807, 2.05) is 26.0 Å². The van der Waals surface area contributed by atoms with E-state index in [4.69, 9.17) is 10.5 Å². The molecule has 0 saturated heterocycles. The van der Waals surface area contributed by atoms with Crippen LogP contribution in [0.3, 0.4) is 0 Å². The van der Waals surface area contributed by atoms with Gasteiger partial charge in [-0.25, -0.2) is 0 Å². The fourth-order valence-electron chi connectivity index (χ4n) is 1.30. The van der Waals surface area contributed by atoms with Gasteiger partial charge in [-0.15, -0.1) is 0 Å². The van der Waals surface area contributed by atoms with Gasteiger partial charge in [0.15, 0.2) is 0 Å². The number of rotatable bonds is 4. The summed E-state index contributed by atoms with van der Waals surface area (Å²) in [6, 6.07) is 5.41. The van der Waals surface area contributed by atoms with Crippen LogP contribution >= 0.6 is 0 Å². The van der Waals surface area contributed by atoms with Crippen molar-refractivity contribution in [1.82, 2.24) is 0 Å². The molecular weight excluding hydrogens is 178 g/mol. The Morgan fingerprint density at radius 3 is 2.79 bits per heavy atom.